The van der Waals surface area contributed by atoms with Crippen LogP contribution in [0, 0.1) is 6.92 Å². The zero-order valence-corrected chi connectivity index (χ0v) is 11.8. The number of hydrogen-bond acceptors (Lipinski definition) is 1. The van der Waals surface area contributed by atoms with E-state index >= 15 is 0 Å². The van der Waals surface area contributed by atoms with Gasteiger partial charge in [0, 0.05) is 5.41 Å². The van der Waals surface area contributed by atoms with Crippen molar-refractivity contribution < 1.29 is 4.79 Å². The Morgan fingerprint density at radius 2 is 1.37 bits per heavy atom. The number of benzene rings is 2. The molecule has 0 aliphatic carbocycles. The van der Waals surface area contributed by atoms with Crippen LogP contribution in [-0.2, 0) is 16.6 Å². The molecule has 2 aromatic carbocycles. The van der Waals surface area contributed by atoms with Crippen molar-refractivity contribution in [2.45, 2.75) is 32.6 Å². The zero-order chi connectivity index (χ0) is 13.9. The molecule has 2 rings (SSSR count). The lowest BCUT2D eigenvalue weighted by atomic mass is 9.85. The monoisotopic (exact) mass is 252 g/mol. The van der Waals surface area contributed by atoms with Crippen LogP contribution in [0.25, 0.3) is 0 Å². The summed E-state index contributed by atoms with van der Waals surface area (Å²) < 4.78 is 0. The third-order valence-corrected chi connectivity index (χ3v) is 3.52. The molecule has 2 aromatic rings. The minimum atomic E-state index is -0.400. The number of carbonyl (C=O) groups is 1. The summed E-state index contributed by atoms with van der Waals surface area (Å²) >= 11 is 0. The Hall–Kier alpha value is -1.89. The molecule has 0 fully saturated rings. The van der Waals surface area contributed by atoms with E-state index in [2.05, 4.69) is 55.5 Å². The van der Waals surface area contributed by atoms with Crippen molar-refractivity contribution in [3.63, 3.8) is 0 Å². The molecule has 0 radical (unpaired) electrons. The number of aldehydes is 1. The Kier molecular flexibility index (Phi) is 3.84. The Morgan fingerprint density at radius 1 is 0.895 bits per heavy atom. The third kappa shape index (κ3) is 3.31. The van der Waals surface area contributed by atoms with Gasteiger partial charge < -0.3 is 4.79 Å². The Morgan fingerprint density at radius 3 is 1.84 bits per heavy atom. The summed E-state index contributed by atoms with van der Waals surface area (Å²) in [6.07, 6.45) is 1.93. The number of carbonyl (C=O) groups excluding carboxylic acids is 1. The topological polar surface area (TPSA) is 17.1 Å². The first-order valence-corrected chi connectivity index (χ1v) is 6.62. The standard InChI is InChI=1S/C18H20O/c1-14-4-6-15(7-5-14)12-16-8-10-17(11-9-16)18(2,3)13-19/h4-11,13H,12H2,1-3H3. The molecule has 0 spiro atoms. The van der Waals surface area contributed by atoms with Crippen molar-refractivity contribution >= 4 is 6.29 Å². The molecule has 1 heteroatoms. The van der Waals surface area contributed by atoms with E-state index in [9.17, 15) is 4.79 Å². The molecule has 0 N–H and O–H groups in total. The first-order chi connectivity index (χ1) is 9.01. The van der Waals surface area contributed by atoms with Gasteiger partial charge in [-0.3, -0.25) is 0 Å². The first-order valence-electron chi connectivity index (χ1n) is 6.62. The smallest absolute Gasteiger partial charge is 0.129 e. The highest BCUT2D eigenvalue weighted by Gasteiger charge is 2.18. The minimum Gasteiger partial charge on any atom is -0.302 e. The van der Waals surface area contributed by atoms with Crippen LogP contribution in [0.2, 0.25) is 0 Å². The summed E-state index contributed by atoms with van der Waals surface area (Å²) in [5.41, 5.74) is 4.53. The van der Waals surface area contributed by atoms with Crippen LogP contribution in [0.1, 0.15) is 36.1 Å². The Labute approximate surface area is 115 Å². The zero-order valence-electron chi connectivity index (χ0n) is 11.8. The van der Waals surface area contributed by atoms with Crippen LogP contribution >= 0.6 is 0 Å². The van der Waals surface area contributed by atoms with Crippen molar-refractivity contribution in [2.24, 2.45) is 0 Å². The molecule has 0 saturated carbocycles. The van der Waals surface area contributed by atoms with Gasteiger partial charge in [-0.1, -0.05) is 54.1 Å². The second kappa shape index (κ2) is 5.40. The fourth-order valence-corrected chi connectivity index (χ4v) is 2.06. The maximum atomic E-state index is 11.0. The van der Waals surface area contributed by atoms with Crippen molar-refractivity contribution in [2.75, 3.05) is 0 Å². The normalized spacial score (nSPS) is 11.3. The molecule has 1 nitrogen and oxygen atoms in total. The van der Waals surface area contributed by atoms with Crippen molar-refractivity contribution in [3.8, 4) is 0 Å². The summed E-state index contributed by atoms with van der Waals surface area (Å²) in [4.78, 5) is 11.0. The molecule has 0 amide bonds. The fourth-order valence-electron chi connectivity index (χ4n) is 2.06. The van der Waals surface area contributed by atoms with Crippen LogP contribution in [0.5, 0.6) is 0 Å². The van der Waals surface area contributed by atoms with Gasteiger partial charge in [-0.05, 0) is 43.9 Å². The van der Waals surface area contributed by atoms with E-state index in [1.165, 1.54) is 16.7 Å². The summed E-state index contributed by atoms with van der Waals surface area (Å²) in [6, 6.07) is 16.9. The molecule has 0 atom stereocenters. The van der Waals surface area contributed by atoms with Crippen molar-refractivity contribution in [3.05, 3.63) is 70.8 Å². The number of aryl methyl sites for hydroxylation is 1. The SMILES string of the molecule is Cc1ccc(Cc2ccc(C(C)(C)C=O)cc2)cc1. The first kappa shape index (κ1) is 13.5. The molecule has 0 aliphatic rings. The predicted molar refractivity (Wildman–Crippen MR) is 79.5 cm³/mol. The van der Waals surface area contributed by atoms with Gasteiger partial charge in [0.1, 0.15) is 6.29 Å². The molecule has 0 unspecified atom stereocenters. The predicted octanol–water partition coefficient (Wildman–Crippen LogP) is 4.06. The Balaban J connectivity index is 2.15. The molecular formula is C18H20O. The number of rotatable bonds is 4. The maximum Gasteiger partial charge on any atom is 0.129 e. The molecule has 19 heavy (non-hydrogen) atoms. The number of hydrogen-bond donors (Lipinski definition) is 0. The van der Waals surface area contributed by atoms with Crippen molar-refractivity contribution in [1.29, 1.82) is 0 Å². The van der Waals surface area contributed by atoms with Gasteiger partial charge in [0.2, 0.25) is 0 Å². The maximum absolute atomic E-state index is 11.0. The summed E-state index contributed by atoms with van der Waals surface area (Å²) in [5.74, 6) is 0. The second-order valence-corrected chi connectivity index (χ2v) is 5.70. The van der Waals surface area contributed by atoms with E-state index in [1.54, 1.807) is 0 Å². The molecular weight excluding hydrogens is 232 g/mol. The lowest BCUT2D eigenvalue weighted by Gasteiger charge is -2.17. The Bertz CT molecular complexity index is 547. The van der Waals surface area contributed by atoms with Gasteiger partial charge in [0.15, 0.2) is 0 Å². The van der Waals surface area contributed by atoms with Gasteiger partial charge >= 0.3 is 0 Å². The van der Waals surface area contributed by atoms with E-state index in [0.29, 0.717) is 0 Å². The van der Waals surface area contributed by atoms with Crippen LogP contribution < -0.4 is 0 Å². The van der Waals surface area contributed by atoms with E-state index in [-0.39, 0.29) is 0 Å². The average molecular weight is 252 g/mol. The van der Waals surface area contributed by atoms with E-state index in [0.717, 1.165) is 18.3 Å². The molecule has 98 valence electrons. The van der Waals surface area contributed by atoms with Crippen LogP contribution in [-0.4, -0.2) is 6.29 Å². The van der Waals surface area contributed by atoms with Gasteiger partial charge in [0.05, 0.1) is 0 Å². The highest BCUT2D eigenvalue weighted by molar-refractivity contribution is 5.67. The van der Waals surface area contributed by atoms with Gasteiger partial charge in [-0.15, -0.1) is 0 Å². The quantitative estimate of drug-likeness (QED) is 0.750. The van der Waals surface area contributed by atoms with Gasteiger partial charge in [-0.25, -0.2) is 0 Å². The summed E-state index contributed by atoms with van der Waals surface area (Å²) in [5, 5.41) is 0. The van der Waals surface area contributed by atoms with Crippen molar-refractivity contribution in [1.82, 2.24) is 0 Å². The van der Waals surface area contributed by atoms with Gasteiger partial charge in [0.25, 0.3) is 0 Å². The largest absolute Gasteiger partial charge is 0.302 e. The summed E-state index contributed by atoms with van der Waals surface area (Å²) in [6.45, 7) is 5.98. The van der Waals surface area contributed by atoms with Crippen LogP contribution in [0.4, 0.5) is 0 Å². The lowest BCUT2D eigenvalue weighted by Crippen LogP contribution is -2.18. The highest BCUT2D eigenvalue weighted by atomic mass is 16.1. The molecule has 0 aliphatic heterocycles. The minimum absolute atomic E-state index is 0.400. The molecule has 0 saturated heterocycles. The highest BCUT2D eigenvalue weighted by Crippen LogP contribution is 2.21. The summed E-state index contributed by atoms with van der Waals surface area (Å²) in [7, 11) is 0. The fraction of sp³-hybridized carbons (Fsp3) is 0.278. The average Bonchev–Trinajstić information content (AvgIpc) is 2.42. The lowest BCUT2D eigenvalue weighted by molar-refractivity contribution is -0.111. The van der Waals surface area contributed by atoms with Crippen LogP contribution in [0.15, 0.2) is 48.5 Å². The van der Waals surface area contributed by atoms with E-state index in [4.69, 9.17) is 0 Å². The molecule has 0 aromatic heterocycles. The molecule has 0 heterocycles. The van der Waals surface area contributed by atoms with E-state index < -0.39 is 5.41 Å². The van der Waals surface area contributed by atoms with Gasteiger partial charge in [-0.2, -0.15) is 0 Å². The molecule has 0 bridgehead atoms. The van der Waals surface area contributed by atoms with E-state index in [1.807, 2.05) is 13.8 Å². The van der Waals surface area contributed by atoms with Crippen LogP contribution in [0.3, 0.4) is 0 Å². The second-order valence-electron chi connectivity index (χ2n) is 5.70. The third-order valence-electron chi connectivity index (χ3n) is 3.52.